The van der Waals surface area contributed by atoms with Gasteiger partial charge in [0.2, 0.25) is 5.91 Å². The second-order valence-electron chi connectivity index (χ2n) is 6.19. The molecule has 2 rings (SSSR count). The number of aromatic nitrogens is 2. The minimum absolute atomic E-state index is 0.194. The Morgan fingerprint density at radius 2 is 2.21 bits per heavy atom. The Labute approximate surface area is 163 Å². The molecule has 8 heteroatoms. The molecule has 1 aromatic heterocycles. The number of ether oxygens (including phenoxy) is 1. The number of hydrogen-bond acceptors (Lipinski definition) is 5. The maximum Gasteiger partial charge on any atom is 0.248 e. The van der Waals surface area contributed by atoms with E-state index in [9.17, 15) is 14.4 Å². The van der Waals surface area contributed by atoms with Crippen molar-refractivity contribution in [3.05, 3.63) is 54.0 Å². The van der Waals surface area contributed by atoms with Gasteiger partial charge in [0.1, 0.15) is 29.4 Å². The van der Waals surface area contributed by atoms with Gasteiger partial charge in [-0.25, -0.2) is 9.07 Å². The fourth-order valence-electron chi connectivity index (χ4n) is 2.57. The number of nitrogens with one attached hydrogen (secondary N) is 1. The standard InChI is InChI=1S/C20H24FN5O2/c1-3-4-12-28-14(2)20(27)24-11-5-6-18-17(13-22)19(23)26(25-18)16-9-7-15(21)8-10-16/h3,7-10,14H,1,4-6,11-12,23H2,2H3,(H,24,27). The van der Waals surface area contributed by atoms with Gasteiger partial charge in [-0.3, -0.25) is 4.79 Å². The second-order valence-corrected chi connectivity index (χ2v) is 6.19. The van der Waals surface area contributed by atoms with Crippen LogP contribution in [0.4, 0.5) is 10.2 Å². The summed E-state index contributed by atoms with van der Waals surface area (Å²) in [5, 5.41) is 16.6. The Balaban J connectivity index is 1.93. The van der Waals surface area contributed by atoms with Gasteiger partial charge in [-0.1, -0.05) is 6.08 Å². The van der Waals surface area contributed by atoms with E-state index in [4.69, 9.17) is 10.5 Å². The third kappa shape index (κ3) is 5.41. The van der Waals surface area contributed by atoms with E-state index in [1.54, 1.807) is 13.0 Å². The molecule has 0 aliphatic heterocycles. The van der Waals surface area contributed by atoms with Gasteiger partial charge in [0.15, 0.2) is 0 Å². The van der Waals surface area contributed by atoms with Gasteiger partial charge < -0.3 is 15.8 Å². The molecular formula is C20H24FN5O2. The normalized spacial score (nSPS) is 11.6. The molecule has 0 aliphatic carbocycles. The van der Waals surface area contributed by atoms with Crippen LogP contribution in [0.1, 0.15) is 31.0 Å². The monoisotopic (exact) mass is 385 g/mol. The van der Waals surface area contributed by atoms with Crippen LogP contribution >= 0.6 is 0 Å². The lowest BCUT2D eigenvalue weighted by atomic mass is 10.1. The third-order valence-electron chi connectivity index (χ3n) is 4.13. The predicted molar refractivity (Wildman–Crippen MR) is 104 cm³/mol. The Kier molecular flexibility index (Phi) is 7.72. The van der Waals surface area contributed by atoms with Crippen LogP contribution in [-0.4, -0.2) is 34.9 Å². The zero-order valence-corrected chi connectivity index (χ0v) is 15.8. The molecule has 1 heterocycles. The molecule has 0 bridgehead atoms. The highest BCUT2D eigenvalue weighted by molar-refractivity contribution is 5.80. The van der Waals surface area contributed by atoms with Crippen LogP contribution in [0.5, 0.6) is 0 Å². The van der Waals surface area contributed by atoms with E-state index in [2.05, 4.69) is 23.1 Å². The first-order valence-corrected chi connectivity index (χ1v) is 9.01. The van der Waals surface area contributed by atoms with Crippen molar-refractivity contribution in [2.45, 2.75) is 32.3 Å². The number of carbonyl (C=O) groups excluding carboxylic acids is 1. The number of amides is 1. The number of aryl methyl sites for hydroxylation is 1. The summed E-state index contributed by atoms with van der Waals surface area (Å²) in [5.41, 5.74) is 7.42. The molecule has 1 atom stereocenters. The van der Waals surface area contributed by atoms with Crippen molar-refractivity contribution in [2.24, 2.45) is 0 Å². The summed E-state index contributed by atoms with van der Waals surface area (Å²) in [5.74, 6) is -0.355. The largest absolute Gasteiger partial charge is 0.382 e. The Morgan fingerprint density at radius 3 is 2.86 bits per heavy atom. The van der Waals surface area contributed by atoms with Crippen molar-refractivity contribution in [3.8, 4) is 11.8 Å². The molecule has 148 valence electrons. The number of hydrogen-bond donors (Lipinski definition) is 2. The topological polar surface area (TPSA) is 106 Å². The Bertz CT molecular complexity index is 855. The molecule has 7 nitrogen and oxygen atoms in total. The molecule has 0 radical (unpaired) electrons. The first kappa shape index (κ1) is 21.1. The van der Waals surface area contributed by atoms with Gasteiger partial charge in [-0.2, -0.15) is 10.4 Å². The van der Waals surface area contributed by atoms with E-state index < -0.39 is 6.10 Å². The summed E-state index contributed by atoms with van der Waals surface area (Å²) in [7, 11) is 0. The number of carbonyl (C=O) groups is 1. The van der Waals surface area contributed by atoms with Crippen molar-refractivity contribution in [3.63, 3.8) is 0 Å². The number of nitrogens with zero attached hydrogens (tertiary/aromatic N) is 3. The van der Waals surface area contributed by atoms with E-state index in [1.807, 2.05) is 0 Å². The minimum Gasteiger partial charge on any atom is -0.382 e. The maximum atomic E-state index is 13.1. The highest BCUT2D eigenvalue weighted by Gasteiger charge is 2.17. The van der Waals surface area contributed by atoms with Gasteiger partial charge in [0.05, 0.1) is 18.0 Å². The number of anilines is 1. The highest BCUT2D eigenvalue weighted by Crippen LogP contribution is 2.21. The number of nitrogen functional groups attached to an aromatic ring is 1. The quantitative estimate of drug-likeness (QED) is 0.483. The van der Waals surface area contributed by atoms with Gasteiger partial charge in [0, 0.05) is 6.54 Å². The Hall–Kier alpha value is -3.18. The SMILES string of the molecule is C=CCCOC(C)C(=O)NCCCc1nn(-c2ccc(F)cc2)c(N)c1C#N. The molecule has 0 saturated carbocycles. The van der Waals surface area contributed by atoms with E-state index in [0.717, 1.165) is 0 Å². The summed E-state index contributed by atoms with van der Waals surface area (Å²) < 4.78 is 19.9. The predicted octanol–water partition coefficient (Wildman–Crippen LogP) is 2.50. The molecule has 1 aromatic carbocycles. The van der Waals surface area contributed by atoms with Crippen LogP contribution in [-0.2, 0) is 16.0 Å². The van der Waals surface area contributed by atoms with Gasteiger partial charge in [0.25, 0.3) is 0 Å². The first-order valence-electron chi connectivity index (χ1n) is 9.01. The molecule has 1 amide bonds. The zero-order valence-electron chi connectivity index (χ0n) is 15.8. The lowest BCUT2D eigenvalue weighted by Crippen LogP contribution is -2.35. The molecular weight excluding hydrogens is 361 g/mol. The minimum atomic E-state index is -0.539. The van der Waals surface area contributed by atoms with Gasteiger partial charge in [-0.15, -0.1) is 6.58 Å². The molecule has 3 N–H and O–H groups in total. The van der Waals surface area contributed by atoms with Crippen LogP contribution in [0.3, 0.4) is 0 Å². The maximum absolute atomic E-state index is 13.1. The molecule has 1 unspecified atom stereocenters. The number of nitrogens with two attached hydrogens (primary N) is 1. The molecule has 0 aliphatic rings. The summed E-state index contributed by atoms with van der Waals surface area (Å²) in [4.78, 5) is 12.0. The van der Waals surface area contributed by atoms with E-state index >= 15 is 0 Å². The Morgan fingerprint density at radius 1 is 1.50 bits per heavy atom. The summed E-state index contributed by atoms with van der Waals surface area (Å²) in [6, 6.07) is 7.75. The molecule has 0 spiro atoms. The summed E-state index contributed by atoms with van der Waals surface area (Å²) in [6.45, 7) is 6.16. The van der Waals surface area contributed by atoms with E-state index in [1.165, 1.54) is 28.9 Å². The number of benzene rings is 1. The molecule has 0 fully saturated rings. The van der Waals surface area contributed by atoms with Crippen LogP contribution in [0, 0.1) is 17.1 Å². The highest BCUT2D eigenvalue weighted by atomic mass is 19.1. The summed E-state index contributed by atoms with van der Waals surface area (Å²) in [6.07, 6.45) is 2.93. The second kappa shape index (κ2) is 10.2. The lowest BCUT2D eigenvalue weighted by Gasteiger charge is -2.12. The molecule has 0 saturated heterocycles. The van der Waals surface area contributed by atoms with E-state index in [-0.39, 0.29) is 23.1 Å². The molecule has 28 heavy (non-hydrogen) atoms. The lowest BCUT2D eigenvalue weighted by molar-refractivity contribution is -0.131. The third-order valence-corrected chi connectivity index (χ3v) is 4.13. The van der Waals surface area contributed by atoms with Crippen molar-refractivity contribution < 1.29 is 13.9 Å². The van der Waals surface area contributed by atoms with Crippen molar-refractivity contribution >= 4 is 11.7 Å². The zero-order chi connectivity index (χ0) is 20.5. The van der Waals surface area contributed by atoms with Crippen LogP contribution in [0.25, 0.3) is 5.69 Å². The number of nitriles is 1. The van der Waals surface area contributed by atoms with Crippen LogP contribution in [0.2, 0.25) is 0 Å². The molecule has 2 aromatic rings. The average Bonchev–Trinajstić information content (AvgIpc) is 3.01. The first-order chi connectivity index (χ1) is 13.5. The van der Waals surface area contributed by atoms with Crippen molar-refractivity contribution in [1.29, 1.82) is 5.26 Å². The van der Waals surface area contributed by atoms with E-state index in [0.29, 0.717) is 43.8 Å². The van der Waals surface area contributed by atoms with Crippen LogP contribution < -0.4 is 11.1 Å². The van der Waals surface area contributed by atoms with Crippen molar-refractivity contribution in [2.75, 3.05) is 18.9 Å². The smallest absolute Gasteiger partial charge is 0.248 e. The number of rotatable bonds is 10. The average molecular weight is 385 g/mol. The van der Waals surface area contributed by atoms with Gasteiger partial charge >= 0.3 is 0 Å². The van der Waals surface area contributed by atoms with Crippen LogP contribution in [0.15, 0.2) is 36.9 Å². The fourth-order valence-corrected chi connectivity index (χ4v) is 2.57. The fraction of sp³-hybridized carbons (Fsp3) is 0.350. The number of halogens is 1. The van der Waals surface area contributed by atoms with Crippen molar-refractivity contribution in [1.82, 2.24) is 15.1 Å². The van der Waals surface area contributed by atoms with Gasteiger partial charge in [-0.05, 0) is 50.5 Å². The summed E-state index contributed by atoms with van der Waals surface area (Å²) >= 11 is 0.